The van der Waals surface area contributed by atoms with Gasteiger partial charge in [0, 0.05) is 24.5 Å². The van der Waals surface area contributed by atoms with Gasteiger partial charge in [-0.2, -0.15) is 0 Å². The number of benzene rings is 3. The molecule has 0 saturated carbocycles. The van der Waals surface area contributed by atoms with Gasteiger partial charge in [-0.15, -0.1) is 0 Å². The number of nitrogens with one attached hydrogen (secondary N) is 1. The van der Waals surface area contributed by atoms with Gasteiger partial charge < -0.3 is 9.88 Å². The summed E-state index contributed by atoms with van der Waals surface area (Å²) in [7, 11) is 0. The maximum absolute atomic E-state index is 12.1. The van der Waals surface area contributed by atoms with Gasteiger partial charge in [0.2, 0.25) is 5.91 Å². The summed E-state index contributed by atoms with van der Waals surface area (Å²) in [6.45, 7) is 3.64. The van der Waals surface area contributed by atoms with E-state index in [9.17, 15) is 4.79 Å². The standard InChI is InChI=1S/C28H30ClN3O/c1-21-10-12-23(13-11-21)20-32-26-8-5-4-7-25(26)31-27(32)9-3-2-6-18-30-28(33)19-22-14-16-24(29)17-15-22/h4-5,7-8,10-17H,2-3,6,9,18-20H2,1H3,(H,30,33). The van der Waals surface area contributed by atoms with Crippen LogP contribution < -0.4 is 5.32 Å². The zero-order chi connectivity index (χ0) is 23.0. The number of para-hydroxylation sites is 2. The normalized spacial score (nSPS) is 11.1. The minimum absolute atomic E-state index is 0.0530. The zero-order valence-electron chi connectivity index (χ0n) is 19.1. The highest BCUT2D eigenvalue weighted by Gasteiger charge is 2.11. The number of imidazole rings is 1. The predicted octanol–water partition coefficient (Wildman–Crippen LogP) is 6.12. The van der Waals surface area contributed by atoms with Crippen LogP contribution in [0.15, 0.2) is 72.8 Å². The first-order valence-corrected chi connectivity index (χ1v) is 12.0. The van der Waals surface area contributed by atoms with E-state index in [1.54, 1.807) is 0 Å². The first-order chi connectivity index (χ1) is 16.1. The summed E-state index contributed by atoms with van der Waals surface area (Å²) < 4.78 is 2.34. The van der Waals surface area contributed by atoms with Crippen molar-refractivity contribution < 1.29 is 4.79 Å². The van der Waals surface area contributed by atoms with Crippen LogP contribution in [-0.4, -0.2) is 22.0 Å². The predicted molar refractivity (Wildman–Crippen MR) is 136 cm³/mol. The van der Waals surface area contributed by atoms with E-state index in [1.807, 2.05) is 30.3 Å². The highest BCUT2D eigenvalue weighted by Crippen LogP contribution is 2.20. The molecule has 0 aliphatic rings. The van der Waals surface area contributed by atoms with Crippen molar-refractivity contribution in [3.63, 3.8) is 0 Å². The Labute approximate surface area is 200 Å². The van der Waals surface area contributed by atoms with Gasteiger partial charge in [-0.05, 0) is 55.2 Å². The highest BCUT2D eigenvalue weighted by molar-refractivity contribution is 6.30. The number of carbonyl (C=O) groups excluding carboxylic acids is 1. The van der Waals surface area contributed by atoms with E-state index in [2.05, 4.69) is 59.3 Å². The number of nitrogens with zero attached hydrogens (tertiary/aromatic N) is 2. The van der Waals surface area contributed by atoms with Crippen molar-refractivity contribution in [3.05, 3.63) is 100 Å². The Hall–Kier alpha value is -3.11. The molecule has 0 aliphatic carbocycles. The van der Waals surface area contributed by atoms with Gasteiger partial charge in [0.15, 0.2) is 0 Å². The number of halogens is 1. The number of hydrogen-bond donors (Lipinski definition) is 1. The van der Waals surface area contributed by atoms with Gasteiger partial charge in [-0.3, -0.25) is 4.79 Å². The van der Waals surface area contributed by atoms with E-state index >= 15 is 0 Å². The van der Waals surface area contributed by atoms with Gasteiger partial charge in [0.05, 0.1) is 17.5 Å². The van der Waals surface area contributed by atoms with Gasteiger partial charge in [0.1, 0.15) is 5.82 Å². The van der Waals surface area contributed by atoms with Crippen LogP contribution >= 0.6 is 11.6 Å². The van der Waals surface area contributed by atoms with Crippen molar-refractivity contribution in [2.45, 2.75) is 45.6 Å². The molecule has 0 radical (unpaired) electrons. The lowest BCUT2D eigenvalue weighted by Gasteiger charge is -2.10. The fraction of sp³-hybridized carbons (Fsp3) is 0.286. The summed E-state index contributed by atoms with van der Waals surface area (Å²) in [5, 5.41) is 3.71. The Balaban J connectivity index is 1.27. The van der Waals surface area contributed by atoms with E-state index in [-0.39, 0.29) is 5.91 Å². The average Bonchev–Trinajstić information content (AvgIpc) is 3.16. The van der Waals surface area contributed by atoms with E-state index in [4.69, 9.17) is 16.6 Å². The van der Waals surface area contributed by atoms with E-state index in [0.29, 0.717) is 18.0 Å². The van der Waals surface area contributed by atoms with E-state index in [1.165, 1.54) is 16.6 Å². The molecule has 33 heavy (non-hydrogen) atoms. The van der Waals surface area contributed by atoms with Crippen molar-refractivity contribution in [1.29, 1.82) is 0 Å². The molecule has 0 saturated heterocycles. The first-order valence-electron chi connectivity index (χ1n) is 11.6. The summed E-state index contributed by atoms with van der Waals surface area (Å²) in [6.07, 6.45) is 4.38. The van der Waals surface area contributed by atoms with Crippen LogP contribution in [0.4, 0.5) is 0 Å². The van der Waals surface area contributed by atoms with Crippen molar-refractivity contribution in [3.8, 4) is 0 Å². The van der Waals surface area contributed by atoms with Crippen LogP contribution in [0, 0.1) is 6.92 Å². The molecule has 0 fully saturated rings. The number of hydrogen-bond acceptors (Lipinski definition) is 2. The fourth-order valence-electron chi connectivity index (χ4n) is 4.03. The minimum Gasteiger partial charge on any atom is -0.356 e. The molecule has 1 N–H and O–H groups in total. The molecule has 1 aromatic heterocycles. The van der Waals surface area contributed by atoms with E-state index < -0.39 is 0 Å². The third kappa shape index (κ3) is 6.45. The summed E-state index contributed by atoms with van der Waals surface area (Å²) in [5.41, 5.74) is 5.77. The minimum atomic E-state index is 0.0530. The Morgan fingerprint density at radius 1 is 0.909 bits per heavy atom. The van der Waals surface area contributed by atoms with Gasteiger partial charge in [-0.25, -0.2) is 4.98 Å². The molecule has 0 bridgehead atoms. The van der Waals surface area contributed by atoms with Crippen LogP contribution in [0.2, 0.25) is 5.02 Å². The number of aryl methyl sites for hydroxylation is 2. The van der Waals surface area contributed by atoms with Gasteiger partial charge in [0.25, 0.3) is 0 Å². The number of amides is 1. The smallest absolute Gasteiger partial charge is 0.224 e. The van der Waals surface area contributed by atoms with Crippen LogP contribution in [0.3, 0.4) is 0 Å². The Morgan fingerprint density at radius 2 is 1.64 bits per heavy atom. The number of fused-ring (bicyclic) bond motifs is 1. The molecule has 1 heterocycles. The summed E-state index contributed by atoms with van der Waals surface area (Å²) in [5.74, 6) is 1.18. The molecule has 170 valence electrons. The molecule has 0 atom stereocenters. The summed E-state index contributed by atoms with van der Waals surface area (Å²) in [4.78, 5) is 17.0. The van der Waals surface area contributed by atoms with Gasteiger partial charge >= 0.3 is 0 Å². The molecule has 0 unspecified atom stereocenters. The summed E-state index contributed by atoms with van der Waals surface area (Å²) in [6, 6.07) is 24.5. The largest absolute Gasteiger partial charge is 0.356 e. The molecule has 5 heteroatoms. The molecule has 0 aliphatic heterocycles. The lowest BCUT2D eigenvalue weighted by Crippen LogP contribution is -2.26. The highest BCUT2D eigenvalue weighted by atomic mass is 35.5. The molecule has 4 rings (SSSR count). The monoisotopic (exact) mass is 459 g/mol. The van der Waals surface area contributed by atoms with Gasteiger partial charge in [-0.1, -0.05) is 72.1 Å². The Morgan fingerprint density at radius 3 is 2.42 bits per heavy atom. The Bertz CT molecular complexity index is 1200. The molecule has 0 spiro atoms. The zero-order valence-corrected chi connectivity index (χ0v) is 19.8. The molecule has 3 aromatic carbocycles. The van der Waals surface area contributed by atoms with Crippen LogP contribution in [-0.2, 0) is 24.2 Å². The van der Waals surface area contributed by atoms with Crippen LogP contribution in [0.5, 0.6) is 0 Å². The molecular weight excluding hydrogens is 430 g/mol. The first kappa shape index (κ1) is 23.1. The van der Waals surface area contributed by atoms with Crippen molar-refractivity contribution >= 4 is 28.5 Å². The second-order valence-electron chi connectivity index (χ2n) is 8.55. The maximum atomic E-state index is 12.1. The Kier molecular flexibility index (Phi) is 7.79. The third-order valence-electron chi connectivity index (χ3n) is 5.87. The van der Waals surface area contributed by atoms with Crippen molar-refractivity contribution in [2.24, 2.45) is 0 Å². The number of carbonyl (C=O) groups is 1. The molecule has 4 nitrogen and oxygen atoms in total. The second kappa shape index (κ2) is 11.2. The lowest BCUT2D eigenvalue weighted by atomic mass is 10.1. The number of aromatic nitrogens is 2. The SMILES string of the molecule is Cc1ccc(Cn2c(CCCCCNC(=O)Cc3ccc(Cl)cc3)nc3ccccc32)cc1. The molecule has 4 aromatic rings. The number of rotatable bonds is 10. The lowest BCUT2D eigenvalue weighted by molar-refractivity contribution is -0.120. The third-order valence-corrected chi connectivity index (χ3v) is 6.12. The summed E-state index contributed by atoms with van der Waals surface area (Å²) >= 11 is 5.90. The quantitative estimate of drug-likeness (QED) is 0.290. The van der Waals surface area contributed by atoms with Crippen molar-refractivity contribution in [1.82, 2.24) is 14.9 Å². The molecular formula is C28H30ClN3O. The second-order valence-corrected chi connectivity index (χ2v) is 8.99. The fourth-order valence-corrected chi connectivity index (χ4v) is 4.16. The number of unbranched alkanes of at least 4 members (excludes halogenated alkanes) is 2. The topological polar surface area (TPSA) is 46.9 Å². The maximum Gasteiger partial charge on any atom is 0.224 e. The molecule has 1 amide bonds. The average molecular weight is 460 g/mol. The van der Waals surface area contributed by atoms with Crippen LogP contribution in [0.25, 0.3) is 11.0 Å². The van der Waals surface area contributed by atoms with E-state index in [0.717, 1.165) is 49.1 Å². The van der Waals surface area contributed by atoms with Crippen molar-refractivity contribution in [2.75, 3.05) is 6.54 Å². The van der Waals surface area contributed by atoms with Crippen LogP contribution in [0.1, 0.15) is 41.8 Å².